The summed E-state index contributed by atoms with van der Waals surface area (Å²) in [7, 11) is 1.42. The third-order valence-electron chi connectivity index (χ3n) is 6.86. The van der Waals surface area contributed by atoms with Crippen LogP contribution in [0.4, 0.5) is 4.79 Å². The highest BCUT2D eigenvalue weighted by atomic mass is 16.6. The third kappa shape index (κ3) is 7.69. The van der Waals surface area contributed by atoms with Crippen LogP contribution in [0.15, 0.2) is 29.1 Å². The molecule has 1 aromatic carbocycles. The minimum atomic E-state index is -0.493. The molecule has 0 N–H and O–H groups in total. The van der Waals surface area contributed by atoms with E-state index in [0.717, 1.165) is 43.4 Å². The molecule has 1 aliphatic heterocycles. The Bertz CT molecular complexity index is 1110. The molecule has 1 amide bonds. The Morgan fingerprint density at radius 3 is 2.35 bits per heavy atom. The average molecular weight is 515 g/mol. The fourth-order valence-corrected chi connectivity index (χ4v) is 4.88. The van der Waals surface area contributed by atoms with Crippen molar-refractivity contribution in [3.63, 3.8) is 0 Å². The van der Waals surface area contributed by atoms with E-state index in [1.54, 1.807) is 9.47 Å². The van der Waals surface area contributed by atoms with Crippen LogP contribution in [0.5, 0.6) is 0 Å². The van der Waals surface area contributed by atoms with Crippen molar-refractivity contribution in [2.45, 2.75) is 85.3 Å². The minimum Gasteiger partial charge on any atom is -0.469 e. The monoisotopic (exact) mass is 514 g/mol. The number of carbonyl (C=O) groups is 2. The molecule has 1 saturated heterocycles. The third-order valence-corrected chi connectivity index (χ3v) is 6.86. The number of amides is 1. The number of esters is 1. The molecule has 2 aromatic rings. The second kappa shape index (κ2) is 12.4. The Balaban J connectivity index is 1.59. The van der Waals surface area contributed by atoms with Crippen molar-refractivity contribution in [3.05, 3.63) is 46.1 Å². The van der Waals surface area contributed by atoms with E-state index in [0.29, 0.717) is 37.8 Å². The number of methoxy groups -OCH3 is 1. The van der Waals surface area contributed by atoms with Gasteiger partial charge in [-0.25, -0.2) is 18.8 Å². The van der Waals surface area contributed by atoms with Gasteiger partial charge < -0.3 is 14.4 Å². The molecule has 37 heavy (non-hydrogen) atoms. The van der Waals surface area contributed by atoms with E-state index >= 15 is 0 Å². The first-order chi connectivity index (χ1) is 17.5. The maximum atomic E-state index is 13.1. The number of carbonyl (C=O) groups excluding carboxylic acids is 2. The first-order valence-electron chi connectivity index (χ1n) is 13.3. The zero-order chi connectivity index (χ0) is 27.2. The first kappa shape index (κ1) is 28.5. The summed E-state index contributed by atoms with van der Waals surface area (Å²) in [6.45, 7) is 11.4. The second-order valence-corrected chi connectivity index (χ2v) is 11.0. The summed E-state index contributed by atoms with van der Waals surface area (Å²) in [5, 5.41) is 4.51. The van der Waals surface area contributed by atoms with Crippen LogP contribution < -0.4 is 5.69 Å². The first-order valence-corrected chi connectivity index (χ1v) is 13.3. The van der Waals surface area contributed by atoms with Gasteiger partial charge in [-0.1, -0.05) is 25.5 Å². The number of benzene rings is 1. The van der Waals surface area contributed by atoms with Crippen LogP contribution in [-0.4, -0.2) is 57.1 Å². The summed E-state index contributed by atoms with van der Waals surface area (Å²) in [6.07, 6.45) is 4.66. The maximum Gasteiger partial charge on any atom is 0.410 e. The summed E-state index contributed by atoms with van der Waals surface area (Å²) < 4.78 is 13.6. The van der Waals surface area contributed by atoms with Gasteiger partial charge in [-0.05, 0) is 83.4 Å². The van der Waals surface area contributed by atoms with E-state index < -0.39 is 5.60 Å². The number of aromatic nitrogens is 3. The van der Waals surface area contributed by atoms with Crippen molar-refractivity contribution in [1.82, 2.24) is 19.2 Å². The van der Waals surface area contributed by atoms with Crippen molar-refractivity contribution in [3.8, 4) is 5.69 Å². The van der Waals surface area contributed by atoms with Crippen molar-refractivity contribution in [2.75, 3.05) is 20.2 Å². The van der Waals surface area contributed by atoms with Crippen molar-refractivity contribution >= 4 is 12.1 Å². The Labute approximate surface area is 219 Å². The highest BCUT2D eigenvalue weighted by Gasteiger charge is 2.27. The van der Waals surface area contributed by atoms with Crippen molar-refractivity contribution in [1.29, 1.82) is 0 Å². The average Bonchev–Trinajstić information content (AvgIpc) is 3.14. The van der Waals surface area contributed by atoms with E-state index in [2.05, 4.69) is 12.0 Å². The Morgan fingerprint density at radius 1 is 1.14 bits per heavy atom. The van der Waals surface area contributed by atoms with Crippen molar-refractivity contribution in [2.24, 2.45) is 11.8 Å². The molecular weight excluding hydrogens is 472 g/mol. The standard InChI is InChI=1S/C28H42N4O5/c1-7-8-23(25(33)36-6)19-22-9-11-24(12-10-22)32-20(2)29-31(26(32)34)18-15-21-13-16-30(17-14-21)27(35)37-28(3,4)5/h9-12,21,23H,7-8,13-19H2,1-6H3. The molecule has 0 radical (unpaired) electrons. The van der Waals surface area contributed by atoms with E-state index in [1.807, 2.05) is 52.0 Å². The molecule has 1 aromatic heterocycles. The van der Waals surface area contributed by atoms with Gasteiger partial charge in [-0.3, -0.25) is 4.79 Å². The lowest BCUT2D eigenvalue weighted by atomic mass is 9.94. The molecule has 9 nitrogen and oxygen atoms in total. The topological polar surface area (TPSA) is 95.7 Å². The number of likely N-dealkylation sites (tertiary alicyclic amines) is 1. The summed E-state index contributed by atoms with van der Waals surface area (Å²) in [5.74, 6) is 0.718. The quantitative estimate of drug-likeness (QED) is 0.457. The number of hydrogen-bond donors (Lipinski definition) is 0. The molecule has 1 unspecified atom stereocenters. The molecule has 2 heterocycles. The number of rotatable bonds is 9. The van der Waals surface area contributed by atoms with Gasteiger partial charge in [0.25, 0.3) is 0 Å². The van der Waals surface area contributed by atoms with E-state index in [1.165, 1.54) is 11.8 Å². The van der Waals surface area contributed by atoms with Crippen LogP contribution >= 0.6 is 0 Å². The Kier molecular flexibility index (Phi) is 9.56. The summed E-state index contributed by atoms with van der Waals surface area (Å²) in [5.41, 5.74) is 1.14. The smallest absolute Gasteiger partial charge is 0.410 e. The SMILES string of the molecule is CCCC(Cc1ccc(-n2c(C)nn(CCC3CCN(C(=O)OC(C)(C)C)CC3)c2=O)cc1)C(=O)OC. The van der Waals surface area contributed by atoms with Gasteiger partial charge >= 0.3 is 17.8 Å². The largest absolute Gasteiger partial charge is 0.469 e. The van der Waals surface area contributed by atoms with Gasteiger partial charge in [0.2, 0.25) is 0 Å². The molecule has 1 aliphatic rings. The van der Waals surface area contributed by atoms with Crippen LogP contribution in [0.25, 0.3) is 5.69 Å². The van der Waals surface area contributed by atoms with Crippen LogP contribution in [-0.2, 0) is 27.2 Å². The van der Waals surface area contributed by atoms with E-state index in [-0.39, 0.29) is 23.7 Å². The van der Waals surface area contributed by atoms with Gasteiger partial charge in [0, 0.05) is 19.6 Å². The summed E-state index contributed by atoms with van der Waals surface area (Å²) in [4.78, 5) is 39.3. The Morgan fingerprint density at radius 2 is 1.78 bits per heavy atom. The normalized spacial score (nSPS) is 15.5. The number of hydrogen-bond acceptors (Lipinski definition) is 6. The van der Waals surface area contributed by atoms with Crippen LogP contribution in [0, 0.1) is 18.8 Å². The molecule has 3 rings (SSSR count). The number of aryl methyl sites for hydroxylation is 2. The van der Waals surface area contributed by atoms with Crippen LogP contribution in [0.3, 0.4) is 0 Å². The molecule has 1 atom stereocenters. The highest BCUT2D eigenvalue weighted by molar-refractivity contribution is 5.72. The fraction of sp³-hybridized carbons (Fsp3) is 0.643. The zero-order valence-corrected chi connectivity index (χ0v) is 23.2. The number of piperidine rings is 1. The molecule has 204 valence electrons. The maximum absolute atomic E-state index is 13.1. The van der Waals surface area contributed by atoms with Gasteiger partial charge in [0.1, 0.15) is 11.4 Å². The molecule has 0 aliphatic carbocycles. The molecule has 1 fully saturated rings. The second-order valence-electron chi connectivity index (χ2n) is 11.0. The summed E-state index contributed by atoms with van der Waals surface area (Å²) in [6, 6.07) is 7.73. The molecular formula is C28H42N4O5. The molecule has 0 bridgehead atoms. The number of ether oxygens (including phenoxy) is 2. The predicted octanol–water partition coefficient (Wildman–Crippen LogP) is 4.51. The highest BCUT2D eigenvalue weighted by Crippen LogP contribution is 2.23. The van der Waals surface area contributed by atoms with Crippen LogP contribution in [0.2, 0.25) is 0 Å². The molecule has 0 saturated carbocycles. The van der Waals surface area contributed by atoms with Crippen molar-refractivity contribution < 1.29 is 19.1 Å². The van der Waals surface area contributed by atoms with Crippen LogP contribution in [0.1, 0.15) is 71.2 Å². The van der Waals surface area contributed by atoms with E-state index in [9.17, 15) is 14.4 Å². The minimum absolute atomic E-state index is 0.158. The zero-order valence-electron chi connectivity index (χ0n) is 23.2. The fourth-order valence-electron chi connectivity index (χ4n) is 4.88. The number of nitrogens with zero attached hydrogens (tertiary/aromatic N) is 4. The molecule has 0 spiro atoms. The van der Waals surface area contributed by atoms with E-state index in [4.69, 9.17) is 9.47 Å². The van der Waals surface area contributed by atoms with Gasteiger partial charge in [-0.15, -0.1) is 0 Å². The summed E-state index contributed by atoms with van der Waals surface area (Å²) >= 11 is 0. The van der Waals surface area contributed by atoms with Gasteiger partial charge in [0.05, 0.1) is 18.7 Å². The predicted molar refractivity (Wildman–Crippen MR) is 142 cm³/mol. The molecule has 9 heteroatoms. The van der Waals surface area contributed by atoms with Gasteiger partial charge in [0.15, 0.2) is 0 Å². The Hall–Kier alpha value is -3.10. The lowest BCUT2D eigenvalue weighted by Gasteiger charge is -2.33. The lowest BCUT2D eigenvalue weighted by molar-refractivity contribution is -0.145. The lowest BCUT2D eigenvalue weighted by Crippen LogP contribution is -2.42. The van der Waals surface area contributed by atoms with Gasteiger partial charge in [-0.2, -0.15) is 5.10 Å².